The van der Waals surface area contributed by atoms with Crippen molar-refractivity contribution in [3.63, 3.8) is 0 Å². The van der Waals surface area contributed by atoms with Crippen molar-refractivity contribution in [2.75, 3.05) is 18.1 Å². The lowest BCUT2D eigenvalue weighted by Gasteiger charge is -2.27. The Kier molecular flexibility index (Phi) is 4.79. The highest BCUT2D eigenvalue weighted by Crippen LogP contribution is 2.18. The number of hydrogen-bond acceptors (Lipinski definition) is 3. The molecule has 0 aromatic rings. The molecule has 88 valence electrons. The van der Waals surface area contributed by atoms with Gasteiger partial charge in [0, 0.05) is 18.1 Å². The largest absolute Gasteiger partial charge is 0.314 e. The maximum atomic E-state index is 3.79. The lowest BCUT2D eigenvalue weighted by atomic mass is 10.0. The normalized spacial score (nSPS) is 30.6. The second-order valence-electron chi connectivity index (χ2n) is 4.98. The fourth-order valence-electron chi connectivity index (χ4n) is 2.72. The van der Waals surface area contributed by atoms with Crippen LogP contribution in [0.3, 0.4) is 0 Å². The molecule has 0 spiro atoms. The SMILES string of the molecule is CC(CC1CCCN1)NC1CCSCC1. The van der Waals surface area contributed by atoms with E-state index in [1.54, 1.807) is 0 Å². The molecule has 2 atom stereocenters. The van der Waals surface area contributed by atoms with E-state index in [1.807, 2.05) is 0 Å². The summed E-state index contributed by atoms with van der Waals surface area (Å²) in [7, 11) is 0. The fraction of sp³-hybridized carbons (Fsp3) is 1.00. The van der Waals surface area contributed by atoms with Crippen molar-refractivity contribution in [3.05, 3.63) is 0 Å². The lowest BCUT2D eigenvalue weighted by Crippen LogP contribution is -2.41. The summed E-state index contributed by atoms with van der Waals surface area (Å²) in [5.74, 6) is 2.71. The first kappa shape index (κ1) is 11.7. The summed E-state index contributed by atoms with van der Waals surface area (Å²) in [6.07, 6.45) is 6.80. The summed E-state index contributed by atoms with van der Waals surface area (Å²) in [5, 5.41) is 7.37. The number of rotatable bonds is 4. The topological polar surface area (TPSA) is 24.1 Å². The molecule has 2 aliphatic rings. The molecule has 2 fully saturated rings. The van der Waals surface area contributed by atoms with Gasteiger partial charge in [0.25, 0.3) is 0 Å². The Balaban J connectivity index is 1.64. The molecule has 15 heavy (non-hydrogen) atoms. The van der Waals surface area contributed by atoms with Gasteiger partial charge in [-0.3, -0.25) is 0 Å². The first-order valence-corrected chi connectivity index (χ1v) is 7.57. The van der Waals surface area contributed by atoms with Crippen molar-refractivity contribution in [1.82, 2.24) is 10.6 Å². The minimum absolute atomic E-state index is 0.689. The van der Waals surface area contributed by atoms with Gasteiger partial charge >= 0.3 is 0 Å². The molecule has 0 radical (unpaired) electrons. The van der Waals surface area contributed by atoms with Gasteiger partial charge in [-0.2, -0.15) is 11.8 Å². The number of nitrogens with one attached hydrogen (secondary N) is 2. The molecule has 2 saturated heterocycles. The number of hydrogen-bond donors (Lipinski definition) is 2. The molecule has 0 saturated carbocycles. The quantitative estimate of drug-likeness (QED) is 0.769. The Morgan fingerprint density at radius 1 is 1.33 bits per heavy atom. The van der Waals surface area contributed by atoms with Crippen LogP contribution in [0.5, 0.6) is 0 Å². The van der Waals surface area contributed by atoms with Gasteiger partial charge in [0.05, 0.1) is 0 Å². The molecule has 2 nitrogen and oxygen atoms in total. The smallest absolute Gasteiger partial charge is 0.00852 e. The Bertz CT molecular complexity index is 174. The van der Waals surface area contributed by atoms with E-state index >= 15 is 0 Å². The van der Waals surface area contributed by atoms with Crippen LogP contribution in [0.2, 0.25) is 0 Å². The zero-order valence-corrected chi connectivity index (χ0v) is 10.6. The van der Waals surface area contributed by atoms with Crippen molar-refractivity contribution in [1.29, 1.82) is 0 Å². The second-order valence-corrected chi connectivity index (χ2v) is 6.21. The van der Waals surface area contributed by atoms with Gasteiger partial charge in [-0.05, 0) is 57.1 Å². The molecule has 2 N–H and O–H groups in total. The van der Waals surface area contributed by atoms with E-state index < -0.39 is 0 Å². The maximum absolute atomic E-state index is 3.79. The average Bonchev–Trinajstić information content (AvgIpc) is 2.71. The van der Waals surface area contributed by atoms with Crippen molar-refractivity contribution in [2.45, 2.75) is 57.2 Å². The predicted octanol–water partition coefficient (Wildman–Crippen LogP) is 2.00. The lowest BCUT2D eigenvalue weighted by molar-refractivity contribution is 0.377. The highest BCUT2D eigenvalue weighted by atomic mass is 32.2. The van der Waals surface area contributed by atoms with Gasteiger partial charge in [0.2, 0.25) is 0 Å². The number of thioether (sulfide) groups is 1. The summed E-state index contributed by atoms with van der Waals surface area (Å²) < 4.78 is 0. The Labute approximate surface area is 98.0 Å². The van der Waals surface area contributed by atoms with Gasteiger partial charge in [-0.25, -0.2) is 0 Å². The third-order valence-electron chi connectivity index (χ3n) is 3.54. The van der Waals surface area contributed by atoms with Gasteiger partial charge in [-0.15, -0.1) is 0 Å². The molecule has 2 unspecified atom stereocenters. The molecular weight excluding hydrogens is 204 g/mol. The van der Waals surface area contributed by atoms with Crippen molar-refractivity contribution < 1.29 is 0 Å². The van der Waals surface area contributed by atoms with E-state index in [9.17, 15) is 0 Å². The van der Waals surface area contributed by atoms with E-state index in [0.29, 0.717) is 6.04 Å². The Morgan fingerprint density at radius 2 is 2.13 bits per heavy atom. The highest BCUT2D eigenvalue weighted by molar-refractivity contribution is 7.99. The molecule has 2 rings (SSSR count). The Morgan fingerprint density at radius 3 is 2.80 bits per heavy atom. The maximum Gasteiger partial charge on any atom is 0.00852 e. The first-order chi connectivity index (χ1) is 7.34. The second kappa shape index (κ2) is 6.12. The highest BCUT2D eigenvalue weighted by Gasteiger charge is 2.20. The zero-order chi connectivity index (χ0) is 10.5. The summed E-state index contributed by atoms with van der Waals surface area (Å²) in [4.78, 5) is 0. The van der Waals surface area contributed by atoms with Crippen LogP contribution in [0.1, 0.15) is 39.0 Å². The predicted molar refractivity (Wildman–Crippen MR) is 68.6 cm³/mol. The molecule has 2 aliphatic heterocycles. The summed E-state index contributed by atoms with van der Waals surface area (Å²) in [5.41, 5.74) is 0. The minimum atomic E-state index is 0.689. The van der Waals surface area contributed by atoms with Crippen molar-refractivity contribution in [2.24, 2.45) is 0 Å². The van der Waals surface area contributed by atoms with Crippen LogP contribution in [-0.2, 0) is 0 Å². The third-order valence-corrected chi connectivity index (χ3v) is 4.59. The van der Waals surface area contributed by atoms with Crippen LogP contribution in [0, 0.1) is 0 Å². The molecule has 3 heteroatoms. The molecule has 0 aromatic heterocycles. The third kappa shape index (κ3) is 3.97. The van der Waals surface area contributed by atoms with E-state index in [2.05, 4.69) is 29.3 Å². The van der Waals surface area contributed by atoms with Gasteiger partial charge < -0.3 is 10.6 Å². The van der Waals surface area contributed by atoms with Gasteiger partial charge in [0.1, 0.15) is 0 Å². The molecule has 0 amide bonds. The molecule has 0 bridgehead atoms. The van der Waals surface area contributed by atoms with Gasteiger partial charge in [0.15, 0.2) is 0 Å². The fourth-order valence-corrected chi connectivity index (χ4v) is 3.83. The average molecular weight is 228 g/mol. The minimum Gasteiger partial charge on any atom is -0.314 e. The molecule has 2 heterocycles. The first-order valence-electron chi connectivity index (χ1n) is 6.42. The van der Waals surface area contributed by atoms with E-state index in [1.165, 1.54) is 50.2 Å². The van der Waals surface area contributed by atoms with Crippen LogP contribution in [0.4, 0.5) is 0 Å². The van der Waals surface area contributed by atoms with Gasteiger partial charge in [-0.1, -0.05) is 0 Å². The van der Waals surface area contributed by atoms with Crippen LogP contribution in [0.25, 0.3) is 0 Å². The van der Waals surface area contributed by atoms with Crippen LogP contribution >= 0.6 is 11.8 Å². The van der Waals surface area contributed by atoms with Crippen LogP contribution in [0.15, 0.2) is 0 Å². The zero-order valence-electron chi connectivity index (χ0n) is 9.80. The summed E-state index contributed by atoms with van der Waals surface area (Å²) in [6.45, 7) is 3.58. The van der Waals surface area contributed by atoms with Crippen molar-refractivity contribution in [3.8, 4) is 0 Å². The Hall–Kier alpha value is 0.270. The van der Waals surface area contributed by atoms with E-state index in [-0.39, 0.29) is 0 Å². The molecular formula is C12H24N2S. The van der Waals surface area contributed by atoms with Crippen LogP contribution in [-0.4, -0.2) is 36.2 Å². The van der Waals surface area contributed by atoms with Crippen molar-refractivity contribution >= 4 is 11.8 Å². The summed E-state index contributed by atoms with van der Waals surface area (Å²) in [6, 6.07) is 2.27. The molecule has 0 aromatic carbocycles. The summed E-state index contributed by atoms with van der Waals surface area (Å²) >= 11 is 2.11. The van der Waals surface area contributed by atoms with E-state index in [4.69, 9.17) is 0 Å². The monoisotopic (exact) mass is 228 g/mol. The standard InChI is InChI=1S/C12H24N2S/c1-10(9-12-3-2-6-13-12)14-11-4-7-15-8-5-11/h10-14H,2-9H2,1H3. The van der Waals surface area contributed by atoms with E-state index in [0.717, 1.165) is 12.1 Å². The molecule has 0 aliphatic carbocycles. The van der Waals surface area contributed by atoms with Crippen LogP contribution < -0.4 is 10.6 Å².